The molecule has 0 saturated carbocycles. The van der Waals surface area contributed by atoms with E-state index in [4.69, 9.17) is 4.42 Å². The van der Waals surface area contributed by atoms with Gasteiger partial charge < -0.3 is 9.73 Å². The second kappa shape index (κ2) is 9.96. The van der Waals surface area contributed by atoms with E-state index in [1.807, 2.05) is 87.5 Å². The van der Waals surface area contributed by atoms with Gasteiger partial charge in [0.05, 0.1) is 28.3 Å². The van der Waals surface area contributed by atoms with Crippen LogP contribution in [-0.2, 0) is 16.6 Å². The minimum Gasteiger partial charge on any atom is -0.441 e. The summed E-state index contributed by atoms with van der Waals surface area (Å²) < 4.78 is 18.6. The van der Waals surface area contributed by atoms with E-state index in [1.54, 1.807) is 12.1 Å². The van der Waals surface area contributed by atoms with Crippen molar-refractivity contribution in [2.75, 3.05) is 0 Å². The van der Waals surface area contributed by atoms with Gasteiger partial charge >= 0.3 is 0 Å². The van der Waals surface area contributed by atoms with Crippen LogP contribution in [0.15, 0.2) is 88.2 Å². The van der Waals surface area contributed by atoms with Crippen molar-refractivity contribution in [1.29, 1.82) is 0 Å². The minimum absolute atomic E-state index is 0.0928. The Labute approximate surface area is 196 Å². The molecule has 0 aliphatic heterocycles. The first-order valence-electron chi connectivity index (χ1n) is 10.8. The number of aryl methyl sites for hydroxylation is 2. The molecule has 3 aromatic carbocycles. The first-order valence-corrected chi connectivity index (χ1v) is 12.1. The van der Waals surface area contributed by atoms with Gasteiger partial charge in [-0.05, 0) is 62.7 Å². The first-order chi connectivity index (χ1) is 15.9. The van der Waals surface area contributed by atoms with Crippen molar-refractivity contribution in [2.45, 2.75) is 37.5 Å². The van der Waals surface area contributed by atoms with Crippen LogP contribution >= 0.6 is 0 Å². The van der Waals surface area contributed by atoms with E-state index in [0.29, 0.717) is 22.9 Å². The van der Waals surface area contributed by atoms with Crippen molar-refractivity contribution in [3.05, 3.63) is 107 Å². The number of nitrogens with zero attached hydrogens (tertiary/aromatic N) is 1. The molecule has 4 rings (SSSR count). The van der Waals surface area contributed by atoms with Gasteiger partial charge in [-0.25, -0.2) is 4.98 Å². The fourth-order valence-corrected chi connectivity index (χ4v) is 4.57. The molecule has 1 amide bonds. The average molecular weight is 459 g/mol. The lowest BCUT2D eigenvalue weighted by atomic mass is 10.1. The summed E-state index contributed by atoms with van der Waals surface area (Å²) in [6.07, 6.45) is 0. The van der Waals surface area contributed by atoms with Crippen LogP contribution in [0, 0.1) is 13.8 Å². The highest BCUT2D eigenvalue weighted by Crippen LogP contribution is 2.24. The summed E-state index contributed by atoms with van der Waals surface area (Å²) in [6, 6.07) is 24.5. The molecule has 2 atom stereocenters. The predicted molar refractivity (Wildman–Crippen MR) is 130 cm³/mol. The summed E-state index contributed by atoms with van der Waals surface area (Å²) in [4.78, 5) is 18.0. The quantitative estimate of drug-likeness (QED) is 0.382. The zero-order chi connectivity index (χ0) is 23.4. The Morgan fingerprint density at radius 3 is 2.30 bits per heavy atom. The molecular formula is C27H26N2O3S. The molecule has 0 aliphatic rings. The average Bonchev–Trinajstić information content (AvgIpc) is 3.20. The molecule has 6 heteroatoms. The number of nitrogens with one attached hydrogen (secondary N) is 1. The molecule has 4 aromatic rings. The number of amides is 1. The molecule has 1 aromatic heterocycles. The Hall–Kier alpha value is -3.51. The van der Waals surface area contributed by atoms with Crippen LogP contribution in [0.5, 0.6) is 0 Å². The molecule has 0 aliphatic carbocycles. The minimum atomic E-state index is -1.20. The topological polar surface area (TPSA) is 72.2 Å². The van der Waals surface area contributed by atoms with Crippen molar-refractivity contribution in [3.8, 4) is 11.5 Å². The highest BCUT2D eigenvalue weighted by atomic mass is 32.2. The highest BCUT2D eigenvalue weighted by Gasteiger charge is 2.16. The number of hydrogen-bond donors (Lipinski definition) is 1. The molecule has 1 N–H and O–H groups in total. The fourth-order valence-electron chi connectivity index (χ4n) is 3.45. The fraction of sp³-hybridized carbons (Fsp3) is 0.185. The third-order valence-corrected chi connectivity index (χ3v) is 6.82. The Balaban J connectivity index is 1.44. The van der Waals surface area contributed by atoms with Crippen LogP contribution < -0.4 is 5.32 Å². The van der Waals surface area contributed by atoms with Crippen LogP contribution in [0.4, 0.5) is 0 Å². The largest absolute Gasteiger partial charge is 0.441 e. The van der Waals surface area contributed by atoms with Crippen molar-refractivity contribution < 1.29 is 13.4 Å². The Kier molecular flexibility index (Phi) is 6.84. The van der Waals surface area contributed by atoms with E-state index < -0.39 is 10.8 Å². The molecule has 0 spiro atoms. The predicted octanol–water partition coefficient (Wildman–Crippen LogP) is 5.76. The van der Waals surface area contributed by atoms with Crippen molar-refractivity contribution >= 4 is 16.7 Å². The van der Waals surface area contributed by atoms with E-state index in [1.165, 1.54) is 0 Å². The van der Waals surface area contributed by atoms with Crippen LogP contribution in [0.2, 0.25) is 0 Å². The number of aromatic nitrogens is 1. The molecule has 0 bridgehead atoms. The standard InChI is InChI=1S/C27H26N2O3S/c1-18-9-15-24(16-10-18)33(31)17-25-20(3)32-27(29-25)23-13-11-22(12-14-23)26(30)28-19(2)21-7-5-4-6-8-21/h4-16,19H,17H2,1-3H3,(H,28,30)/t19-,33-/m0/s1. The smallest absolute Gasteiger partial charge is 0.251 e. The van der Waals surface area contributed by atoms with Crippen LogP contribution in [0.1, 0.15) is 45.9 Å². The van der Waals surface area contributed by atoms with E-state index in [2.05, 4.69) is 10.3 Å². The Morgan fingerprint density at radius 2 is 1.64 bits per heavy atom. The van der Waals surface area contributed by atoms with Gasteiger partial charge in [0, 0.05) is 16.0 Å². The second-order valence-corrected chi connectivity index (χ2v) is 9.46. The van der Waals surface area contributed by atoms with E-state index in [-0.39, 0.29) is 17.7 Å². The van der Waals surface area contributed by atoms with E-state index in [0.717, 1.165) is 21.6 Å². The Bertz CT molecular complexity index is 1260. The van der Waals surface area contributed by atoms with E-state index >= 15 is 0 Å². The summed E-state index contributed by atoms with van der Waals surface area (Å²) in [5.74, 6) is 1.24. The second-order valence-electron chi connectivity index (χ2n) is 8.01. The number of oxazole rings is 1. The molecule has 0 saturated heterocycles. The molecule has 168 valence electrons. The lowest BCUT2D eigenvalue weighted by Crippen LogP contribution is -2.26. The molecule has 0 unspecified atom stereocenters. The van der Waals surface area contributed by atoms with Gasteiger partial charge in [-0.15, -0.1) is 0 Å². The van der Waals surface area contributed by atoms with Gasteiger partial charge in [-0.1, -0.05) is 48.0 Å². The summed E-state index contributed by atoms with van der Waals surface area (Å²) >= 11 is 0. The summed E-state index contributed by atoms with van der Waals surface area (Å²) in [7, 11) is -1.20. The van der Waals surface area contributed by atoms with Gasteiger partial charge in [0.1, 0.15) is 5.76 Å². The molecule has 0 radical (unpaired) electrons. The zero-order valence-electron chi connectivity index (χ0n) is 18.9. The van der Waals surface area contributed by atoms with Gasteiger partial charge in [0.2, 0.25) is 5.89 Å². The molecule has 0 fully saturated rings. The van der Waals surface area contributed by atoms with Gasteiger partial charge in [-0.2, -0.15) is 0 Å². The Morgan fingerprint density at radius 1 is 0.970 bits per heavy atom. The number of hydrogen-bond acceptors (Lipinski definition) is 4. The third kappa shape index (κ3) is 5.46. The maximum Gasteiger partial charge on any atom is 0.251 e. The lowest BCUT2D eigenvalue weighted by Gasteiger charge is -2.14. The van der Waals surface area contributed by atoms with Gasteiger partial charge in [0.25, 0.3) is 5.91 Å². The van der Waals surface area contributed by atoms with Crippen molar-refractivity contribution in [2.24, 2.45) is 0 Å². The number of rotatable bonds is 7. The van der Waals surface area contributed by atoms with Crippen LogP contribution in [-0.4, -0.2) is 15.1 Å². The van der Waals surface area contributed by atoms with Gasteiger partial charge in [0.15, 0.2) is 0 Å². The monoisotopic (exact) mass is 458 g/mol. The summed E-state index contributed by atoms with van der Waals surface area (Å²) in [5, 5.41) is 3.01. The number of carbonyl (C=O) groups is 1. The van der Waals surface area contributed by atoms with Crippen molar-refractivity contribution in [1.82, 2.24) is 10.3 Å². The lowest BCUT2D eigenvalue weighted by molar-refractivity contribution is 0.0940. The van der Waals surface area contributed by atoms with Crippen LogP contribution in [0.3, 0.4) is 0 Å². The maximum absolute atomic E-state index is 12.7. The van der Waals surface area contributed by atoms with Crippen LogP contribution in [0.25, 0.3) is 11.5 Å². The molecule has 1 heterocycles. The SMILES string of the molecule is Cc1ccc([S@@](=O)Cc2nc(-c3ccc(C(=O)N[C@@H](C)c4ccccc4)cc3)oc2C)cc1. The first kappa shape index (κ1) is 22.7. The van der Waals surface area contributed by atoms with E-state index in [9.17, 15) is 9.00 Å². The normalized spacial score (nSPS) is 12.8. The van der Waals surface area contributed by atoms with Crippen molar-refractivity contribution in [3.63, 3.8) is 0 Å². The summed E-state index contributed by atoms with van der Waals surface area (Å²) in [5.41, 5.74) is 4.17. The molecular weight excluding hydrogens is 432 g/mol. The number of benzene rings is 3. The third-order valence-electron chi connectivity index (χ3n) is 5.49. The van der Waals surface area contributed by atoms with Gasteiger partial charge in [-0.3, -0.25) is 9.00 Å². The zero-order valence-corrected chi connectivity index (χ0v) is 19.7. The highest BCUT2D eigenvalue weighted by molar-refractivity contribution is 7.84. The summed E-state index contributed by atoms with van der Waals surface area (Å²) in [6.45, 7) is 5.78. The number of carbonyl (C=O) groups excluding carboxylic acids is 1. The molecule has 5 nitrogen and oxygen atoms in total. The molecule has 33 heavy (non-hydrogen) atoms. The maximum atomic E-state index is 12.7.